The largest absolute Gasteiger partial charge is 0.416 e. The molecule has 18 heavy (non-hydrogen) atoms. The number of halogens is 7. The maximum Gasteiger partial charge on any atom is 0.416 e. The highest BCUT2D eigenvalue weighted by atomic mass is 35.5. The average Bonchev–Trinajstić information content (AvgIpc) is 2.13. The summed E-state index contributed by atoms with van der Waals surface area (Å²) in [6, 6.07) is 1.33. The Balaban J connectivity index is 3.49. The maximum atomic E-state index is 12.5. The molecule has 0 atom stereocenters. The van der Waals surface area contributed by atoms with Crippen molar-refractivity contribution < 1.29 is 26.3 Å². The highest BCUT2D eigenvalue weighted by molar-refractivity contribution is 6.23. The van der Waals surface area contributed by atoms with Crippen molar-refractivity contribution >= 4 is 11.6 Å². The van der Waals surface area contributed by atoms with E-state index in [-0.39, 0.29) is 11.6 Å². The van der Waals surface area contributed by atoms with Gasteiger partial charge in [-0.15, -0.1) is 11.6 Å². The van der Waals surface area contributed by atoms with Crippen molar-refractivity contribution in [2.45, 2.75) is 31.1 Å². The second-order valence-corrected chi connectivity index (χ2v) is 5.21. The lowest BCUT2D eigenvalue weighted by Crippen LogP contribution is -2.16. The van der Waals surface area contributed by atoms with Crippen molar-refractivity contribution in [2.75, 3.05) is 0 Å². The van der Waals surface area contributed by atoms with Crippen LogP contribution in [0.4, 0.5) is 26.3 Å². The molecule has 0 heterocycles. The first-order valence-corrected chi connectivity index (χ1v) is 5.18. The third-order valence-corrected chi connectivity index (χ3v) is 2.49. The van der Waals surface area contributed by atoms with Crippen molar-refractivity contribution in [3.8, 4) is 0 Å². The van der Waals surface area contributed by atoms with Crippen LogP contribution in [0.5, 0.6) is 0 Å². The quantitative estimate of drug-likeness (QED) is 0.493. The molecule has 1 aromatic carbocycles. The van der Waals surface area contributed by atoms with Crippen molar-refractivity contribution in [3.63, 3.8) is 0 Å². The summed E-state index contributed by atoms with van der Waals surface area (Å²) in [4.78, 5) is -1.32. The minimum absolute atomic E-state index is 0.0755. The van der Waals surface area contributed by atoms with Gasteiger partial charge in [-0.25, -0.2) is 0 Å². The Kier molecular flexibility index (Phi) is 3.64. The van der Waals surface area contributed by atoms with Crippen LogP contribution in [0, 0.1) is 0 Å². The van der Waals surface area contributed by atoms with E-state index in [0.717, 1.165) is 0 Å². The molecule has 0 saturated heterocycles. The van der Waals surface area contributed by atoms with Crippen LogP contribution in [0.25, 0.3) is 0 Å². The van der Waals surface area contributed by atoms with Gasteiger partial charge in [0.05, 0.1) is 16.0 Å². The normalized spacial score (nSPS) is 13.8. The third-order valence-electron chi connectivity index (χ3n) is 2.27. The predicted molar refractivity (Wildman–Crippen MR) is 55.3 cm³/mol. The van der Waals surface area contributed by atoms with Gasteiger partial charge in [0.2, 0.25) is 0 Å². The van der Waals surface area contributed by atoms with E-state index >= 15 is 0 Å². The summed E-state index contributed by atoms with van der Waals surface area (Å²) in [6.45, 7) is 2.65. The Bertz CT molecular complexity index is 359. The Morgan fingerprint density at radius 3 is 1.22 bits per heavy atom. The van der Waals surface area contributed by atoms with E-state index in [1.807, 2.05) is 0 Å². The van der Waals surface area contributed by atoms with Gasteiger partial charge < -0.3 is 0 Å². The lowest BCUT2D eigenvalue weighted by Gasteiger charge is -2.20. The molecule has 0 saturated carbocycles. The summed E-state index contributed by atoms with van der Waals surface area (Å²) >= 11 is 5.77. The van der Waals surface area contributed by atoms with Crippen LogP contribution in [-0.4, -0.2) is 0 Å². The molecule has 0 spiro atoms. The first-order chi connectivity index (χ1) is 7.82. The monoisotopic (exact) mass is 290 g/mol. The highest BCUT2D eigenvalue weighted by Crippen LogP contribution is 2.39. The van der Waals surface area contributed by atoms with Crippen LogP contribution in [-0.2, 0) is 17.2 Å². The van der Waals surface area contributed by atoms with Gasteiger partial charge in [-0.2, -0.15) is 26.3 Å². The molecule has 0 unspecified atom stereocenters. The van der Waals surface area contributed by atoms with Crippen molar-refractivity contribution in [3.05, 3.63) is 34.9 Å². The van der Waals surface area contributed by atoms with Crippen LogP contribution >= 0.6 is 11.6 Å². The fraction of sp³-hybridized carbons (Fsp3) is 0.455. The zero-order valence-electron chi connectivity index (χ0n) is 9.38. The van der Waals surface area contributed by atoms with Crippen LogP contribution < -0.4 is 0 Å². The maximum absolute atomic E-state index is 12.5. The van der Waals surface area contributed by atoms with Crippen LogP contribution in [0.1, 0.15) is 30.5 Å². The third kappa shape index (κ3) is 3.54. The molecule has 0 N–H and O–H groups in total. The predicted octanol–water partition coefficient (Wildman–Crippen LogP) is 5.20. The van der Waals surface area contributed by atoms with Crippen LogP contribution in [0.2, 0.25) is 0 Å². The molecule has 0 aromatic heterocycles. The minimum atomic E-state index is -4.85. The summed E-state index contributed by atoms with van der Waals surface area (Å²) < 4.78 is 75.1. The zero-order valence-corrected chi connectivity index (χ0v) is 10.1. The van der Waals surface area contributed by atoms with Gasteiger partial charge in [-0.3, -0.25) is 0 Å². The molecule has 0 aliphatic rings. The Labute approximate surface area is 105 Å². The first-order valence-electron chi connectivity index (χ1n) is 4.80. The fourth-order valence-corrected chi connectivity index (χ4v) is 1.41. The molecule has 0 radical (unpaired) electrons. The number of benzene rings is 1. The van der Waals surface area contributed by atoms with Crippen molar-refractivity contribution in [1.29, 1.82) is 0 Å². The Morgan fingerprint density at radius 1 is 0.722 bits per heavy atom. The summed E-state index contributed by atoms with van der Waals surface area (Å²) in [5.41, 5.74) is -2.95. The van der Waals surface area contributed by atoms with E-state index in [4.69, 9.17) is 11.6 Å². The first kappa shape index (κ1) is 15.1. The average molecular weight is 291 g/mol. The summed E-state index contributed by atoms with van der Waals surface area (Å²) in [5, 5.41) is 0. The summed E-state index contributed by atoms with van der Waals surface area (Å²) in [6.07, 6.45) is -9.70. The van der Waals surface area contributed by atoms with E-state index in [0.29, 0.717) is 12.1 Å². The highest BCUT2D eigenvalue weighted by Gasteiger charge is 2.38. The molecule has 0 amide bonds. The van der Waals surface area contributed by atoms with Gasteiger partial charge >= 0.3 is 12.4 Å². The lowest BCUT2D eigenvalue weighted by atomic mass is 9.96. The molecule has 0 nitrogen and oxygen atoms in total. The molecule has 7 heteroatoms. The molecular formula is C11H9ClF6. The molecule has 0 aliphatic carbocycles. The van der Waals surface area contributed by atoms with E-state index in [1.54, 1.807) is 0 Å². The second-order valence-electron chi connectivity index (χ2n) is 4.27. The molecular weight excluding hydrogens is 282 g/mol. The van der Waals surface area contributed by atoms with Gasteiger partial charge in [-0.1, -0.05) is 0 Å². The molecule has 0 aliphatic heterocycles. The molecule has 1 rings (SSSR count). The zero-order chi connectivity index (χ0) is 14.4. The number of alkyl halides is 7. The van der Waals surface area contributed by atoms with Crippen LogP contribution in [0.3, 0.4) is 0 Å². The SMILES string of the molecule is CC(C)(Cl)c1cc(C(F)(F)F)cc(C(F)(F)F)c1. The summed E-state index contributed by atoms with van der Waals surface area (Å²) in [5.74, 6) is 0. The molecule has 1 aromatic rings. The fourth-order valence-electron chi connectivity index (χ4n) is 1.30. The smallest absolute Gasteiger partial charge is 0.166 e. The van der Waals surface area contributed by atoms with Crippen molar-refractivity contribution in [2.24, 2.45) is 0 Å². The van der Waals surface area contributed by atoms with Gasteiger partial charge in [0.15, 0.2) is 0 Å². The lowest BCUT2D eigenvalue weighted by molar-refractivity contribution is -0.143. The second kappa shape index (κ2) is 4.33. The number of hydrogen-bond donors (Lipinski definition) is 0. The van der Waals surface area contributed by atoms with Gasteiger partial charge in [-0.05, 0) is 37.6 Å². The molecule has 102 valence electrons. The Hall–Kier alpha value is -0.910. The minimum Gasteiger partial charge on any atom is -0.166 e. The van der Waals surface area contributed by atoms with Crippen LogP contribution in [0.15, 0.2) is 18.2 Å². The van der Waals surface area contributed by atoms with Crippen molar-refractivity contribution in [1.82, 2.24) is 0 Å². The van der Waals surface area contributed by atoms with E-state index in [9.17, 15) is 26.3 Å². The van der Waals surface area contributed by atoms with Gasteiger partial charge in [0, 0.05) is 0 Å². The molecule has 0 fully saturated rings. The Morgan fingerprint density at radius 2 is 1.00 bits per heavy atom. The van der Waals surface area contributed by atoms with Gasteiger partial charge in [0.1, 0.15) is 0 Å². The summed E-state index contributed by atoms with van der Waals surface area (Å²) in [7, 11) is 0. The van der Waals surface area contributed by atoms with E-state index in [1.165, 1.54) is 13.8 Å². The molecule has 0 bridgehead atoms. The number of hydrogen-bond acceptors (Lipinski definition) is 0. The topological polar surface area (TPSA) is 0 Å². The van der Waals surface area contributed by atoms with E-state index < -0.39 is 28.4 Å². The standard InChI is InChI=1S/C11H9ClF6/c1-9(2,12)6-3-7(10(13,14)15)5-8(4-6)11(16,17)18/h3-5H,1-2H3. The van der Waals surface area contributed by atoms with Gasteiger partial charge in [0.25, 0.3) is 0 Å². The van der Waals surface area contributed by atoms with E-state index in [2.05, 4.69) is 0 Å². The number of rotatable bonds is 1.